The van der Waals surface area contributed by atoms with Crippen molar-refractivity contribution in [3.63, 3.8) is 0 Å². The lowest BCUT2D eigenvalue weighted by Crippen LogP contribution is -2.38. The van der Waals surface area contributed by atoms with Crippen LogP contribution >= 0.6 is 11.6 Å². The van der Waals surface area contributed by atoms with E-state index in [1.807, 2.05) is 38.2 Å². The van der Waals surface area contributed by atoms with Gasteiger partial charge in [0.2, 0.25) is 5.91 Å². The van der Waals surface area contributed by atoms with Crippen molar-refractivity contribution < 1.29 is 9.53 Å². The van der Waals surface area contributed by atoms with Crippen molar-refractivity contribution in [1.82, 2.24) is 14.9 Å². The van der Waals surface area contributed by atoms with Gasteiger partial charge in [-0.3, -0.25) is 14.6 Å². The van der Waals surface area contributed by atoms with Crippen molar-refractivity contribution in [3.8, 4) is 0 Å². The zero-order chi connectivity index (χ0) is 20.1. The number of fused-ring (bicyclic) bond motifs is 1. The summed E-state index contributed by atoms with van der Waals surface area (Å²) in [5.74, 6) is 1.64. The van der Waals surface area contributed by atoms with E-state index in [1.165, 1.54) is 5.56 Å². The molecule has 1 aliphatic rings. The van der Waals surface area contributed by atoms with Crippen molar-refractivity contribution in [2.45, 2.75) is 39.3 Å². The minimum absolute atomic E-state index is 0.127. The van der Waals surface area contributed by atoms with Gasteiger partial charge in [0.25, 0.3) is 0 Å². The fourth-order valence-corrected chi connectivity index (χ4v) is 3.63. The highest BCUT2D eigenvalue weighted by Crippen LogP contribution is 2.28. The number of nitrogens with zero attached hydrogens (tertiary/aromatic N) is 4. The minimum atomic E-state index is 0.127. The van der Waals surface area contributed by atoms with E-state index in [9.17, 15) is 4.79 Å². The van der Waals surface area contributed by atoms with Crippen LogP contribution in [0.2, 0.25) is 5.02 Å². The summed E-state index contributed by atoms with van der Waals surface area (Å²) in [5.41, 5.74) is 3.23. The molecule has 0 aliphatic carbocycles. The topological polar surface area (TPSA) is 58.6 Å². The van der Waals surface area contributed by atoms with Crippen LogP contribution in [0.4, 0.5) is 5.82 Å². The van der Waals surface area contributed by atoms with E-state index in [-0.39, 0.29) is 5.91 Å². The lowest BCUT2D eigenvalue weighted by atomic mass is 10.0. The average molecular weight is 403 g/mol. The van der Waals surface area contributed by atoms with Gasteiger partial charge in [-0.1, -0.05) is 23.7 Å². The van der Waals surface area contributed by atoms with Crippen LogP contribution in [-0.2, 0) is 29.0 Å². The Morgan fingerprint density at radius 3 is 2.64 bits per heavy atom. The summed E-state index contributed by atoms with van der Waals surface area (Å²) in [6.45, 7) is 4.63. The highest BCUT2D eigenvalue weighted by Gasteiger charge is 2.27. The maximum atomic E-state index is 12.5. The number of halogens is 1. The SMILES string of the molecule is COCCCN1C(=O)CCc2c(C)nc(CN(C)Cc3ccc(Cl)cc3)nc21. The second-order valence-corrected chi connectivity index (χ2v) is 7.65. The molecule has 0 atom stereocenters. The van der Waals surface area contributed by atoms with Crippen LogP contribution in [0.15, 0.2) is 24.3 Å². The monoisotopic (exact) mass is 402 g/mol. The fraction of sp³-hybridized carbons (Fsp3) is 0.476. The first-order valence-electron chi connectivity index (χ1n) is 9.56. The number of carbonyl (C=O) groups is 1. The Labute approximate surface area is 171 Å². The van der Waals surface area contributed by atoms with E-state index in [0.29, 0.717) is 32.5 Å². The molecule has 1 aliphatic heterocycles. The molecule has 0 saturated heterocycles. The van der Waals surface area contributed by atoms with Crippen molar-refractivity contribution in [1.29, 1.82) is 0 Å². The van der Waals surface area contributed by atoms with Crippen molar-refractivity contribution in [2.75, 3.05) is 32.2 Å². The normalized spacial score (nSPS) is 13.9. The number of hydrogen-bond donors (Lipinski definition) is 0. The fourth-order valence-electron chi connectivity index (χ4n) is 3.51. The second-order valence-electron chi connectivity index (χ2n) is 7.22. The summed E-state index contributed by atoms with van der Waals surface area (Å²) < 4.78 is 5.13. The summed E-state index contributed by atoms with van der Waals surface area (Å²) >= 11 is 5.96. The highest BCUT2D eigenvalue weighted by atomic mass is 35.5. The number of aryl methyl sites for hydroxylation is 1. The smallest absolute Gasteiger partial charge is 0.228 e. The standard InChI is InChI=1S/C21H27ClN4O2/c1-15-18-9-10-20(27)26(11-4-12-28-3)21(18)24-19(23-15)14-25(2)13-16-5-7-17(22)8-6-16/h5-8H,4,9-14H2,1-3H3. The van der Waals surface area contributed by atoms with Gasteiger partial charge in [0.15, 0.2) is 0 Å². The zero-order valence-electron chi connectivity index (χ0n) is 16.7. The van der Waals surface area contributed by atoms with Gasteiger partial charge in [-0.25, -0.2) is 9.97 Å². The number of benzene rings is 1. The molecule has 0 bridgehead atoms. The molecule has 0 unspecified atom stereocenters. The van der Waals surface area contributed by atoms with E-state index in [2.05, 4.69) is 4.90 Å². The van der Waals surface area contributed by atoms with Crippen molar-refractivity contribution in [2.24, 2.45) is 0 Å². The Bertz CT molecular complexity index is 826. The van der Waals surface area contributed by atoms with Gasteiger partial charge in [0, 0.05) is 49.5 Å². The molecule has 1 amide bonds. The van der Waals surface area contributed by atoms with Gasteiger partial charge >= 0.3 is 0 Å². The molecule has 0 radical (unpaired) electrons. The molecular formula is C21H27ClN4O2. The number of hydrogen-bond acceptors (Lipinski definition) is 5. The van der Waals surface area contributed by atoms with Crippen LogP contribution in [0, 0.1) is 6.92 Å². The quantitative estimate of drug-likeness (QED) is 0.633. The molecular weight excluding hydrogens is 376 g/mol. The lowest BCUT2D eigenvalue weighted by molar-refractivity contribution is -0.119. The Morgan fingerprint density at radius 1 is 1.18 bits per heavy atom. The molecule has 2 heterocycles. The van der Waals surface area contributed by atoms with Crippen LogP contribution in [0.25, 0.3) is 0 Å². The van der Waals surface area contributed by atoms with E-state index in [4.69, 9.17) is 26.3 Å². The first kappa shape index (κ1) is 20.7. The number of ether oxygens (including phenoxy) is 1. The Hall–Kier alpha value is -2.02. The Kier molecular flexibility index (Phi) is 6.99. The van der Waals surface area contributed by atoms with Gasteiger partial charge < -0.3 is 4.74 Å². The van der Waals surface area contributed by atoms with Crippen molar-refractivity contribution >= 4 is 23.3 Å². The molecule has 0 N–H and O–H groups in total. The molecule has 2 aromatic rings. The Morgan fingerprint density at radius 2 is 1.93 bits per heavy atom. The van der Waals surface area contributed by atoms with Crippen LogP contribution in [0.5, 0.6) is 0 Å². The van der Waals surface area contributed by atoms with E-state index in [0.717, 1.165) is 40.9 Å². The summed E-state index contributed by atoms with van der Waals surface area (Å²) in [6.07, 6.45) is 2.01. The predicted octanol–water partition coefficient (Wildman–Crippen LogP) is 3.39. The van der Waals surface area contributed by atoms with E-state index in [1.54, 1.807) is 12.0 Å². The minimum Gasteiger partial charge on any atom is -0.385 e. The highest BCUT2D eigenvalue weighted by molar-refractivity contribution is 6.30. The van der Waals surface area contributed by atoms with E-state index < -0.39 is 0 Å². The molecule has 0 fully saturated rings. The van der Waals surface area contributed by atoms with Crippen LogP contribution in [0.3, 0.4) is 0 Å². The predicted molar refractivity (Wildman–Crippen MR) is 111 cm³/mol. The molecule has 7 heteroatoms. The zero-order valence-corrected chi connectivity index (χ0v) is 17.5. The van der Waals surface area contributed by atoms with Crippen LogP contribution in [0.1, 0.15) is 35.5 Å². The lowest BCUT2D eigenvalue weighted by Gasteiger charge is -2.29. The van der Waals surface area contributed by atoms with Crippen LogP contribution < -0.4 is 4.90 Å². The molecule has 3 rings (SSSR count). The molecule has 28 heavy (non-hydrogen) atoms. The summed E-state index contributed by atoms with van der Waals surface area (Å²) in [5, 5.41) is 0.735. The second kappa shape index (κ2) is 9.45. The van der Waals surface area contributed by atoms with Gasteiger partial charge in [0.1, 0.15) is 11.6 Å². The number of anilines is 1. The third-order valence-electron chi connectivity index (χ3n) is 4.89. The average Bonchev–Trinajstić information content (AvgIpc) is 2.65. The maximum Gasteiger partial charge on any atom is 0.228 e. The largest absolute Gasteiger partial charge is 0.385 e. The Balaban J connectivity index is 1.76. The first-order valence-corrected chi connectivity index (χ1v) is 9.94. The third kappa shape index (κ3) is 5.07. The molecule has 0 saturated carbocycles. The number of carbonyl (C=O) groups excluding carboxylic acids is 1. The number of aromatic nitrogens is 2. The summed E-state index contributed by atoms with van der Waals surface area (Å²) in [6, 6.07) is 7.84. The van der Waals surface area contributed by atoms with Gasteiger partial charge in [-0.2, -0.15) is 0 Å². The third-order valence-corrected chi connectivity index (χ3v) is 5.14. The van der Waals surface area contributed by atoms with Gasteiger partial charge in [0.05, 0.1) is 6.54 Å². The molecule has 6 nitrogen and oxygen atoms in total. The summed E-state index contributed by atoms with van der Waals surface area (Å²) in [7, 11) is 3.71. The number of rotatable bonds is 8. The number of amides is 1. The van der Waals surface area contributed by atoms with Gasteiger partial charge in [-0.05, 0) is 44.5 Å². The maximum absolute atomic E-state index is 12.5. The summed E-state index contributed by atoms with van der Waals surface area (Å²) in [4.78, 5) is 25.9. The number of methoxy groups -OCH3 is 1. The molecule has 150 valence electrons. The molecule has 1 aromatic heterocycles. The molecule has 1 aromatic carbocycles. The van der Waals surface area contributed by atoms with Crippen LogP contribution in [-0.4, -0.2) is 48.1 Å². The molecule has 0 spiro atoms. The van der Waals surface area contributed by atoms with E-state index >= 15 is 0 Å². The first-order chi connectivity index (χ1) is 13.5. The van der Waals surface area contributed by atoms with Gasteiger partial charge in [-0.15, -0.1) is 0 Å². The van der Waals surface area contributed by atoms with Crippen molar-refractivity contribution in [3.05, 3.63) is 51.9 Å².